The van der Waals surface area contributed by atoms with Gasteiger partial charge < -0.3 is 15.8 Å². The molecule has 0 bridgehead atoms. The van der Waals surface area contributed by atoms with Gasteiger partial charge in [0.25, 0.3) is 0 Å². The minimum absolute atomic E-state index is 0.313. The first-order chi connectivity index (χ1) is 6.29. The average Bonchev–Trinajstić information content (AvgIpc) is 2.30. The van der Waals surface area contributed by atoms with Crippen LogP contribution in [0.5, 0.6) is 0 Å². The lowest BCUT2D eigenvalue weighted by atomic mass is 10.1. The Bertz CT molecular complexity index is 349. The van der Waals surface area contributed by atoms with Crippen molar-refractivity contribution in [1.29, 1.82) is 0 Å². The molecule has 3 N–H and O–H groups in total. The lowest BCUT2D eigenvalue weighted by molar-refractivity contribution is 0.0529. The molecule has 1 aliphatic heterocycles. The number of fused-ring (bicyclic) bond motifs is 1. The van der Waals surface area contributed by atoms with Crippen molar-refractivity contribution in [1.82, 2.24) is 0 Å². The van der Waals surface area contributed by atoms with E-state index in [1.807, 2.05) is 0 Å². The van der Waals surface area contributed by atoms with Gasteiger partial charge in [-0.1, -0.05) is 6.07 Å². The van der Waals surface area contributed by atoms with Gasteiger partial charge in [-0.25, -0.2) is 4.79 Å². The Hall–Kier alpha value is -1.71. The summed E-state index contributed by atoms with van der Waals surface area (Å²) in [5.74, 6) is -0.313. The summed E-state index contributed by atoms with van der Waals surface area (Å²) in [6.45, 7) is 0.986. The predicted octanol–water partition coefficient (Wildman–Crippen LogP) is 0.851. The van der Waals surface area contributed by atoms with E-state index in [1.165, 1.54) is 0 Å². The normalized spacial score (nSPS) is 15.2. The molecule has 4 nitrogen and oxygen atoms in total. The highest BCUT2D eigenvalue weighted by Gasteiger charge is 2.17. The molecule has 0 spiro atoms. The molecular formula is C9H10N2O2. The van der Waals surface area contributed by atoms with E-state index in [9.17, 15) is 4.79 Å². The van der Waals surface area contributed by atoms with Gasteiger partial charge >= 0.3 is 5.97 Å². The van der Waals surface area contributed by atoms with Crippen LogP contribution in [0.3, 0.4) is 0 Å². The molecule has 0 atom stereocenters. The number of benzene rings is 1. The van der Waals surface area contributed by atoms with Gasteiger partial charge in [0.1, 0.15) is 6.61 Å². The molecule has 0 amide bonds. The Morgan fingerprint density at radius 3 is 3.15 bits per heavy atom. The summed E-state index contributed by atoms with van der Waals surface area (Å²) < 4.78 is 4.93. The number of hydrogen-bond donors (Lipinski definition) is 2. The molecule has 0 saturated heterocycles. The fourth-order valence-corrected chi connectivity index (χ4v) is 1.34. The summed E-state index contributed by atoms with van der Waals surface area (Å²) in [7, 11) is 0. The molecule has 0 radical (unpaired) electrons. The Labute approximate surface area is 75.7 Å². The summed E-state index contributed by atoms with van der Waals surface area (Å²) >= 11 is 0. The zero-order chi connectivity index (χ0) is 9.26. The molecule has 4 heteroatoms. The Kier molecular flexibility index (Phi) is 1.81. The molecule has 1 heterocycles. The van der Waals surface area contributed by atoms with Crippen molar-refractivity contribution in [3.8, 4) is 0 Å². The third-order valence-electron chi connectivity index (χ3n) is 1.95. The lowest BCUT2D eigenvalue weighted by Gasteiger charge is -2.07. The number of para-hydroxylation sites is 1. The number of cyclic esters (lactones) is 1. The predicted molar refractivity (Wildman–Crippen MR) is 49.6 cm³/mol. The molecular weight excluding hydrogens is 168 g/mol. The molecule has 0 aromatic heterocycles. The van der Waals surface area contributed by atoms with Crippen molar-refractivity contribution in [3.63, 3.8) is 0 Å². The van der Waals surface area contributed by atoms with Crippen molar-refractivity contribution in [2.24, 2.45) is 0 Å². The third kappa shape index (κ3) is 1.30. The highest BCUT2D eigenvalue weighted by molar-refractivity contribution is 5.99. The maximum atomic E-state index is 11.3. The van der Waals surface area contributed by atoms with E-state index >= 15 is 0 Å². The number of hydrogen-bond acceptors (Lipinski definition) is 4. The van der Waals surface area contributed by atoms with Gasteiger partial charge in [0, 0.05) is 6.54 Å². The summed E-state index contributed by atoms with van der Waals surface area (Å²) in [4.78, 5) is 11.3. The number of nitrogens with two attached hydrogens (primary N) is 1. The summed E-state index contributed by atoms with van der Waals surface area (Å²) in [6.07, 6.45) is 0. The number of carbonyl (C=O) groups is 1. The molecule has 1 aliphatic rings. The fourth-order valence-electron chi connectivity index (χ4n) is 1.34. The number of rotatable bonds is 0. The topological polar surface area (TPSA) is 64.3 Å². The second-order valence-corrected chi connectivity index (χ2v) is 2.83. The van der Waals surface area contributed by atoms with Crippen LogP contribution in [0.2, 0.25) is 0 Å². The first kappa shape index (κ1) is 7.91. The molecule has 1 aromatic rings. The van der Waals surface area contributed by atoms with Gasteiger partial charge in [-0.15, -0.1) is 0 Å². The van der Waals surface area contributed by atoms with E-state index in [4.69, 9.17) is 10.5 Å². The number of carbonyl (C=O) groups excluding carboxylic acids is 1. The standard InChI is InChI=1S/C9H10N2O2/c10-7-3-1-2-6-8(7)11-4-5-13-9(6)12/h1-3,11H,4-5,10H2. The Morgan fingerprint density at radius 2 is 2.31 bits per heavy atom. The molecule has 13 heavy (non-hydrogen) atoms. The van der Waals surface area contributed by atoms with Crippen molar-refractivity contribution in [2.75, 3.05) is 24.2 Å². The van der Waals surface area contributed by atoms with Gasteiger partial charge in [-0.05, 0) is 12.1 Å². The average molecular weight is 178 g/mol. The molecule has 2 rings (SSSR count). The molecule has 0 fully saturated rings. The molecule has 1 aromatic carbocycles. The maximum Gasteiger partial charge on any atom is 0.340 e. The summed E-state index contributed by atoms with van der Waals surface area (Å²) in [5.41, 5.74) is 7.48. The quantitative estimate of drug-likeness (QED) is 0.456. The first-order valence-electron chi connectivity index (χ1n) is 4.08. The minimum atomic E-state index is -0.313. The van der Waals surface area contributed by atoms with Gasteiger partial charge in [0.05, 0.1) is 16.9 Å². The van der Waals surface area contributed by atoms with Crippen LogP contribution in [-0.2, 0) is 4.74 Å². The smallest absolute Gasteiger partial charge is 0.340 e. The van der Waals surface area contributed by atoms with Crippen LogP contribution in [-0.4, -0.2) is 19.1 Å². The number of esters is 1. The largest absolute Gasteiger partial charge is 0.460 e. The Morgan fingerprint density at radius 1 is 1.46 bits per heavy atom. The van der Waals surface area contributed by atoms with E-state index in [1.54, 1.807) is 18.2 Å². The zero-order valence-electron chi connectivity index (χ0n) is 7.04. The van der Waals surface area contributed by atoms with Gasteiger partial charge in [-0.2, -0.15) is 0 Å². The van der Waals surface area contributed by atoms with Crippen LogP contribution in [0.15, 0.2) is 18.2 Å². The highest BCUT2D eigenvalue weighted by Crippen LogP contribution is 2.25. The van der Waals surface area contributed by atoms with E-state index in [0.29, 0.717) is 30.1 Å². The van der Waals surface area contributed by atoms with E-state index in [2.05, 4.69) is 5.32 Å². The second kappa shape index (κ2) is 2.97. The molecule has 68 valence electrons. The monoisotopic (exact) mass is 178 g/mol. The van der Waals surface area contributed by atoms with Crippen LogP contribution >= 0.6 is 0 Å². The van der Waals surface area contributed by atoms with Crippen molar-refractivity contribution < 1.29 is 9.53 Å². The summed E-state index contributed by atoms with van der Waals surface area (Å²) in [5, 5.41) is 3.05. The number of nitrogen functional groups attached to an aromatic ring is 1. The van der Waals surface area contributed by atoms with Crippen LogP contribution in [0.25, 0.3) is 0 Å². The highest BCUT2D eigenvalue weighted by atomic mass is 16.5. The molecule has 0 unspecified atom stereocenters. The molecule has 0 aliphatic carbocycles. The minimum Gasteiger partial charge on any atom is -0.460 e. The third-order valence-corrected chi connectivity index (χ3v) is 1.95. The maximum absolute atomic E-state index is 11.3. The number of anilines is 2. The van der Waals surface area contributed by atoms with Gasteiger partial charge in [0.15, 0.2) is 0 Å². The van der Waals surface area contributed by atoms with Crippen molar-refractivity contribution >= 4 is 17.3 Å². The SMILES string of the molecule is Nc1cccc2c1NCCOC2=O. The van der Waals surface area contributed by atoms with Crippen LogP contribution in [0, 0.1) is 0 Å². The molecule has 0 saturated carbocycles. The lowest BCUT2D eigenvalue weighted by Crippen LogP contribution is -2.06. The van der Waals surface area contributed by atoms with Gasteiger partial charge in [-0.3, -0.25) is 0 Å². The van der Waals surface area contributed by atoms with Gasteiger partial charge in [0.2, 0.25) is 0 Å². The fraction of sp³-hybridized carbons (Fsp3) is 0.222. The van der Waals surface area contributed by atoms with E-state index in [0.717, 1.165) is 0 Å². The van der Waals surface area contributed by atoms with E-state index < -0.39 is 0 Å². The number of ether oxygens (including phenoxy) is 1. The van der Waals surface area contributed by atoms with Crippen LogP contribution in [0.4, 0.5) is 11.4 Å². The zero-order valence-corrected chi connectivity index (χ0v) is 7.04. The number of nitrogens with one attached hydrogen (secondary N) is 1. The second-order valence-electron chi connectivity index (χ2n) is 2.83. The Balaban J connectivity index is 2.54. The first-order valence-corrected chi connectivity index (χ1v) is 4.08. The van der Waals surface area contributed by atoms with Crippen molar-refractivity contribution in [3.05, 3.63) is 23.8 Å². The van der Waals surface area contributed by atoms with Crippen LogP contribution < -0.4 is 11.1 Å². The summed E-state index contributed by atoms with van der Waals surface area (Å²) in [6, 6.07) is 5.19. The van der Waals surface area contributed by atoms with Crippen LogP contribution in [0.1, 0.15) is 10.4 Å². The van der Waals surface area contributed by atoms with E-state index in [-0.39, 0.29) is 5.97 Å². The van der Waals surface area contributed by atoms with Crippen molar-refractivity contribution in [2.45, 2.75) is 0 Å².